The maximum atomic E-state index is 13.5. The standard InChI is InChI=1S/C17H18FNO3S/c1-2-13-7-9-15(10-8-13)19-17(20)12-23(21,22)11-14-5-3-4-6-16(14)18/h3-10H,2,11-12H2,1H3,(H,19,20). The fourth-order valence-electron chi connectivity index (χ4n) is 2.12. The minimum absolute atomic E-state index is 0.0626. The lowest BCUT2D eigenvalue weighted by molar-refractivity contribution is -0.113. The summed E-state index contributed by atoms with van der Waals surface area (Å²) in [5.41, 5.74) is 1.72. The van der Waals surface area contributed by atoms with E-state index in [1.54, 1.807) is 18.2 Å². The molecule has 0 aliphatic carbocycles. The van der Waals surface area contributed by atoms with Crippen LogP contribution in [0, 0.1) is 5.82 Å². The number of rotatable bonds is 6. The van der Waals surface area contributed by atoms with Gasteiger partial charge in [0, 0.05) is 11.3 Å². The predicted octanol–water partition coefficient (Wildman–Crippen LogP) is 2.94. The van der Waals surface area contributed by atoms with Crippen LogP contribution in [0.5, 0.6) is 0 Å². The molecule has 1 amide bonds. The Balaban J connectivity index is 1.99. The summed E-state index contributed by atoms with van der Waals surface area (Å²) in [4.78, 5) is 11.9. The first-order chi connectivity index (χ1) is 10.9. The number of anilines is 1. The van der Waals surface area contributed by atoms with E-state index in [2.05, 4.69) is 5.32 Å². The van der Waals surface area contributed by atoms with Crippen LogP contribution in [0.3, 0.4) is 0 Å². The van der Waals surface area contributed by atoms with E-state index < -0.39 is 33.1 Å². The minimum Gasteiger partial charge on any atom is -0.325 e. The molecule has 6 heteroatoms. The maximum Gasteiger partial charge on any atom is 0.239 e. The Hall–Kier alpha value is -2.21. The molecule has 122 valence electrons. The first kappa shape index (κ1) is 17.1. The van der Waals surface area contributed by atoms with E-state index in [9.17, 15) is 17.6 Å². The molecule has 0 saturated heterocycles. The van der Waals surface area contributed by atoms with Crippen molar-refractivity contribution in [3.05, 3.63) is 65.5 Å². The van der Waals surface area contributed by atoms with E-state index in [-0.39, 0.29) is 5.56 Å². The molecule has 0 bridgehead atoms. The van der Waals surface area contributed by atoms with Crippen molar-refractivity contribution in [3.8, 4) is 0 Å². The van der Waals surface area contributed by atoms with Gasteiger partial charge in [0.15, 0.2) is 9.84 Å². The van der Waals surface area contributed by atoms with Crippen molar-refractivity contribution >= 4 is 21.4 Å². The highest BCUT2D eigenvalue weighted by Crippen LogP contribution is 2.13. The summed E-state index contributed by atoms with van der Waals surface area (Å²) >= 11 is 0. The number of hydrogen-bond acceptors (Lipinski definition) is 3. The first-order valence-corrected chi connectivity index (χ1v) is 9.04. The van der Waals surface area contributed by atoms with Crippen molar-refractivity contribution in [2.75, 3.05) is 11.1 Å². The van der Waals surface area contributed by atoms with Crippen molar-refractivity contribution in [1.29, 1.82) is 0 Å². The summed E-state index contributed by atoms with van der Waals surface area (Å²) < 4.78 is 37.6. The Morgan fingerprint density at radius 2 is 1.74 bits per heavy atom. The number of halogens is 1. The number of carbonyl (C=O) groups excluding carboxylic acids is 1. The van der Waals surface area contributed by atoms with Crippen LogP contribution in [0.2, 0.25) is 0 Å². The number of amides is 1. The van der Waals surface area contributed by atoms with Crippen LogP contribution in [0.4, 0.5) is 10.1 Å². The molecule has 0 aliphatic heterocycles. The molecule has 0 radical (unpaired) electrons. The van der Waals surface area contributed by atoms with Crippen molar-refractivity contribution in [2.45, 2.75) is 19.1 Å². The molecule has 0 fully saturated rings. The zero-order valence-corrected chi connectivity index (χ0v) is 13.6. The highest BCUT2D eigenvalue weighted by atomic mass is 32.2. The van der Waals surface area contributed by atoms with E-state index in [0.717, 1.165) is 12.0 Å². The fourth-order valence-corrected chi connectivity index (χ4v) is 3.41. The van der Waals surface area contributed by atoms with Gasteiger partial charge in [-0.2, -0.15) is 0 Å². The van der Waals surface area contributed by atoms with Gasteiger partial charge in [0.1, 0.15) is 11.6 Å². The average Bonchev–Trinajstić information content (AvgIpc) is 2.49. The van der Waals surface area contributed by atoms with Gasteiger partial charge >= 0.3 is 0 Å². The molecule has 2 rings (SSSR count). The summed E-state index contributed by atoms with van der Waals surface area (Å²) in [6.45, 7) is 2.02. The van der Waals surface area contributed by atoms with E-state index in [1.807, 2.05) is 19.1 Å². The Kier molecular flexibility index (Phi) is 5.50. The second-order valence-corrected chi connectivity index (χ2v) is 7.29. The number of hydrogen-bond donors (Lipinski definition) is 1. The molecule has 2 aromatic carbocycles. The number of nitrogens with one attached hydrogen (secondary N) is 1. The molecule has 23 heavy (non-hydrogen) atoms. The van der Waals surface area contributed by atoms with E-state index in [0.29, 0.717) is 5.69 Å². The van der Waals surface area contributed by atoms with Crippen LogP contribution in [0.1, 0.15) is 18.1 Å². The Labute approximate surface area is 135 Å². The fraction of sp³-hybridized carbons (Fsp3) is 0.235. The SMILES string of the molecule is CCc1ccc(NC(=O)CS(=O)(=O)Cc2ccccc2F)cc1. The molecular weight excluding hydrogens is 317 g/mol. The normalized spacial score (nSPS) is 11.2. The highest BCUT2D eigenvalue weighted by molar-refractivity contribution is 7.91. The lowest BCUT2D eigenvalue weighted by Crippen LogP contribution is -2.24. The summed E-state index contributed by atoms with van der Waals surface area (Å²) in [5, 5.41) is 2.54. The molecule has 0 saturated carbocycles. The van der Waals surface area contributed by atoms with Crippen LogP contribution >= 0.6 is 0 Å². The average molecular weight is 335 g/mol. The minimum atomic E-state index is -3.74. The maximum absolute atomic E-state index is 13.5. The largest absolute Gasteiger partial charge is 0.325 e. The molecule has 1 N–H and O–H groups in total. The topological polar surface area (TPSA) is 63.2 Å². The zero-order valence-electron chi connectivity index (χ0n) is 12.8. The van der Waals surface area contributed by atoms with Crippen LogP contribution in [-0.4, -0.2) is 20.1 Å². The molecular formula is C17H18FNO3S. The van der Waals surface area contributed by atoms with Gasteiger partial charge in [0.05, 0.1) is 5.75 Å². The number of aryl methyl sites for hydroxylation is 1. The Morgan fingerprint density at radius 1 is 1.09 bits per heavy atom. The summed E-state index contributed by atoms with van der Waals surface area (Å²) in [6, 6.07) is 12.8. The quantitative estimate of drug-likeness (QED) is 0.883. The first-order valence-electron chi connectivity index (χ1n) is 7.22. The van der Waals surface area contributed by atoms with Gasteiger partial charge in [-0.1, -0.05) is 37.3 Å². The highest BCUT2D eigenvalue weighted by Gasteiger charge is 2.19. The third kappa shape index (κ3) is 5.17. The van der Waals surface area contributed by atoms with Crippen molar-refractivity contribution in [2.24, 2.45) is 0 Å². The van der Waals surface area contributed by atoms with E-state index >= 15 is 0 Å². The number of carbonyl (C=O) groups is 1. The summed E-state index contributed by atoms with van der Waals surface area (Å²) in [6.07, 6.45) is 0.880. The van der Waals surface area contributed by atoms with Gasteiger partial charge in [0.2, 0.25) is 5.91 Å². The number of sulfone groups is 1. The molecule has 2 aromatic rings. The Morgan fingerprint density at radius 3 is 2.35 bits per heavy atom. The van der Waals surface area contributed by atoms with Crippen LogP contribution in [-0.2, 0) is 26.8 Å². The number of benzene rings is 2. The van der Waals surface area contributed by atoms with Crippen molar-refractivity contribution < 1.29 is 17.6 Å². The van der Waals surface area contributed by atoms with Crippen LogP contribution in [0.25, 0.3) is 0 Å². The van der Waals surface area contributed by atoms with Gasteiger partial charge in [0.25, 0.3) is 0 Å². The zero-order chi connectivity index (χ0) is 16.9. The van der Waals surface area contributed by atoms with Crippen LogP contribution < -0.4 is 5.32 Å². The van der Waals surface area contributed by atoms with E-state index in [1.165, 1.54) is 18.2 Å². The van der Waals surface area contributed by atoms with Crippen LogP contribution in [0.15, 0.2) is 48.5 Å². The molecule has 4 nitrogen and oxygen atoms in total. The van der Waals surface area contributed by atoms with Crippen molar-refractivity contribution in [3.63, 3.8) is 0 Å². The summed E-state index contributed by atoms with van der Waals surface area (Å²) in [7, 11) is -3.74. The second kappa shape index (κ2) is 7.37. The molecule has 0 heterocycles. The smallest absolute Gasteiger partial charge is 0.239 e. The summed E-state index contributed by atoms with van der Waals surface area (Å²) in [5.74, 6) is -2.41. The lowest BCUT2D eigenvalue weighted by atomic mass is 10.1. The van der Waals surface area contributed by atoms with Crippen molar-refractivity contribution in [1.82, 2.24) is 0 Å². The van der Waals surface area contributed by atoms with Gasteiger partial charge in [-0.05, 0) is 30.2 Å². The van der Waals surface area contributed by atoms with Gasteiger partial charge < -0.3 is 5.32 Å². The predicted molar refractivity (Wildman–Crippen MR) is 88.3 cm³/mol. The van der Waals surface area contributed by atoms with Gasteiger partial charge in [-0.3, -0.25) is 4.79 Å². The van der Waals surface area contributed by atoms with Gasteiger partial charge in [-0.15, -0.1) is 0 Å². The van der Waals surface area contributed by atoms with Gasteiger partial charge in [-0.25, -0.2) is 12.8 Å². The molecule has 0 unspecified atom stereocenters. The third-order valence-corrected chi connectivity index (χ3v) is 4.78. The third-order valence-electron chi connectivity index (χ3n) is 3.33. The monoisotopic (exact) mass is 335 g/mol. The Bertz CT molecular complexity index is 786. The molecule has 0 aromatic heterocycles. The molecule has 0 atom stereocenters. The second-order valence-electron chi connectivity index (χ2n) is 5.22. The molecule has 0 spiro atoms. The molecule has 0 aliphatic rings. The van der Waals surface area contributed by atoms with E-state index in [4.69, 9.17) is 0 Å². The lowest BCUT2D eigenvalue weighted by Gasteiger charge is -2.08.